The molecule has 2 heterocycles. The second-order valence-corrected chi connectivity index (χ2v) is 8.61. The van der Waals surface area contributed by atoms with Gasteiger partial charge in [-0.25, -0.2) is 0 Å². The number of β-lactam (4-membered cyclic amide) rings is 1. The number of fused-ring (bicyclic) bond motifs is 2. The van der Waals surface area contributed by atoms with Crippen molar-refractivity contribution in [3.63, 3.8) is 0 Å². The van der Waals surface area contributed by atoms with E-state index >= 15 is 0 Å². The number of allylic oxidation sites excluding steroid dienone is 1. The van der Waals surface area contributed by atoms with E-state index in [0.29, 0.717) is 5.57 Å². The Bertz CT molecular complexity index is 1120. The third-order valence-corrected chi connectivity index (χ3v) is 7.08. The van der Waals surface area contributed by atoms with Gasteiger partial charge in [0.05, 0.1) is 23.3 Å². The maximum atomic E-state index is 12.7. The fourth-order valence-electron chi connectivity index (χ4n) is 4.07. The van der Waals surface area contributed by atoms with E-state index in [0.717, 1.165) is 16.7 Å². The number of aliphatic carboxylic acids is 1. The Morgan fingerprint density at radius 2 is 1.68 bits per heavy atom. The van der Waals surface area contributed by atoms with Crippen molar-refractivity contribution in [3.8, 4) is 0 Å². The summed E-state index contributed by atoms with van der Waals surface area (Å²) in [7, 11) is 0. The van der Waals surface area contributed by atoms with Crippen molar-refractivity contribution >= 4 is 35.1 Å². The second kappa shape index (κ2) is 8.67. The van der Waals surface area contributed by atoms with Crippen LogP contribution in [0.4, 0.5) is 0 Å². The van der Waals surface area contributed by atoms with E-state index in [2.05, 4.69) is 5.32 Å². The van der Waals surface area contributed by atoms with Gasteiger partial charge in [-0.15, -0.1) is 11.8 Å². The van der Waals surface area contributed by atoms with Gasteiger partial charge >= 0.3 is 29.6 Å². The molecule has 0 spiro atoms. The first kappa shape index (κ1) is 21.9. The maximum absolute atomic E-state index is 12.7. The summed E-state index contributed by atoms with van der Waals surface area (Å²) in [6.45, 7) is 0. The summed E-state index contributed by atoms with van der Waals surface area (Å²) in [5.74, 6) is -2.05. The summed E-state index contributed by atoms with van der Waals surface area (Å²) in [4.78, 5) is 38.2. The molecule has 6 nitrogen and oxygen atoms in total. The van der Waals surface area contributed by atoms with Gasteiger partial charge in [0.25, 0.3) is 5.91 Å². The van der Waals surface area contributed by atoms with Gasteiger partial charge in [-0.2, -0.15) is 0 Å². The molecular formula is C23H17N2NaO4S. The Morgan fingerprint density at radius 3 is 2.32 bits per heavy atom. The van der Waals surface area contributed by atoms with E-state index in [1.54, 1.807) is 0 Å². The third-order valence-electron chi connectivity index (χ3n) is 5.53. The largest absolute Gasteiger partial charge is 1.00 e. The Labute approximate surface area is 205 Å². The van der Waals surface area contributed by atoms with Crippen molar-refractivity contribution in [2.24, 2.45) is 0 Å². The van der Waals surface area contributed by atoms with Crippen molar-refractivity contribution in [2.45, 2.75) is 23.1 Å². The molecule has 150 valence electrons. The number of nitrogens with zero attached hydrogens (tertiary/aromatic N) is 1. The molecule has 2 aromatic carbocycles. The summed E-state index contributed by atoms with van der Waals surface area (Å²) >= 11 is 1.49. The van der Waals surface area contributed by atoms with Crippen LogP contribution in [-0.2, 0) is 20.8 Å². The Kier molecular flexibility index (Phi) is 6.12. The van der Waals surface area contributed by atoms with Crippen molar-refractivity contribution in [3.05, 3.63) is 89.1 Å². The van der Waals surface area contributed by atoms with Gasteiger partial charge < -0.3 is 15.2 Å². The molecule has 2 aromatic rings. The van der Waals surface area contributed by atoms with Gasteiger partial charge in [0, 0.05) is 0 Å². The van der Waals surface area contributed by atoms with Gasteiger partial charge in [0.1, 0.15) is 11.4 Å². The predicted octanol–water partition coefficient (Wildman–Crippen LogP) is -1.90. The van der Waals surface area contributed by atoms with Crippen molar-refractivity contribution < 1.29 is 49.0 Å². The monoisotopic (exact) mass is 440 g/mol. The third kappa shape index (κ3) is 3.76. The van der Waals surface area contributed by atoms with Crippen LogP contribution in [0.2, 0.25) is 0 Å². The smallest absolute Gasteiger partial charge is 0.543 e. The molecule has 5 rings (SSSR count). The summed E-state index contributed by atoms with van der Waals surface area (Å²) in [6, 6.07) is 18.2. The number of carboxylic acids is 1. The summed E-state index contributed by atoms with van der Waals surface area (Å²) in [5, 5.41) is 14.0. The van der Waals surface area contributed by atoms with E-state index in [-0.39, 0.29) is 52.8 Å². The molecule has 0 saturated carbocycles. The fraction of sp³-hybridized carbons (Fsp3) is 0.174. The van der Waals surface area contributed by atoms with Gasteiger partial charge in [-0.05, 0) is 22.3 Å². The zero-order chi connectivity index (χ0) is 20.8. The van der Waals surface area contributed by atoms with Crippen LogP contribution in [-0.4, -0.2) is 39.3 Å². The van der Waals surface area contributed by atoms with E-state index in [1.807, 2.05) is 66.7 Å². The molecule has 0 unspecified atom stereocenters. The number of hydrogen-bond acceptors (Lipinski definition) is 5. The number of amides is 2. The quantitative estimate of drug-likeness (QED) is 0.434. The molecule has 0 radical (unpaired) electrons. The average Bonchev–Trinajstić information content (AvgIpc) is 2.73. The first-order valence-electron chi connectivity index (χ1n) is 9.59. The minimum Gasteiger partial charge on any atom is -0.543 e. The molecule has 0 bridgehead atoms. The first-order chi connectivity index (χ1) is 14.5. The molecule has 31 heavy (non-hydrogen) atoms. The van der Waals surface area contributed by atoms with Gasteiger partial charge in [0.15, 0.2) is 0 Å². The van der Waals surface area contributed by atoms with E-state index in [9.17, 15) is 19.5 Å². The molecule has 1 fully saturated rings. The molecule has 2 aliphatic heterocycles. The van der Waals surface area contributed by atoms with Crippen LogP contribution in [0.1, 0.15) is 11.1 Å². The van der Waals surface area contributed by atoms with Gasteiger partial charge in [0.2, 0.25) is 5.91 Å². The number of rotatable bonds is 5. The van der Waals surface area contributed by atoms with Crippen LogP contribution in [0.15, 0.2) is 78.0 Å². The van der Waals surface area contributed by atoms with Crippen LogP contribution in [0.25, 0.3) is 5.57 Å². The minimum absolute atomic E-state index is 0. The summed E-state index contributed by atoms with van der Waals surface area (Å²) < 4.78 is 0. The number of thioether (sulfide) groups is 1. The van der Waals surface area contributed by atoms with Crippen LogP contribution < -0.4 is 40.0 Å². The first-order valence-corrected chi connectivity index (χ1v) is 10.5. The van der Waals surface area contributed by atoms with Crippen LogP contribution >= 0.6 is 11.8 Å². The molecule has 0 aromatic heterocycles. The minimum atomic E-state index is -1.37. The molecular weight excluding hydrogens is 423 g/mol. The predicted molar refractivity (Wildman–Crippen MR) is 111 cm³/mol. The molecule has 8 heteroatoms. The zero-order valence-electron chi connectivity index (χ0n) is 16.8. The van der Waals surface area contributed by atoms with Crippen LogP contribution in [0, 0.1) is 0 Å². The Balaban J connectivity index is 0.00000231. The molecule has 1 saturated heterocycles. The van der Waals surface area contributed by atoms with Crippen molar-refractivity contribution in [1.82, 2.24) is 10.2 Å². The number of hydrogen-bond donors (Lipinski definition) is 1. The van der Waals surface area contributed by atoms with E-state index < -0.39 is 23.3 Å². The normalized spacial score (nSPS) is 23.4. The Morgan fingerprint density at radius 1 is 1.03 bits per heavy atom. The number of carbonyl (C=O) groups is 3. The standard InChI is InChI=1S/C23H18N2O4S.Na/c26-17(11-13-7-3-1-4-8-13)24-18-21(27)25-19(23(28)29)16-12-15(20(16)30-22(18)25)14-9-5-2-6-10-14;/h1-10,12,18,20,22H,11H2,(H,24,26)(H,28,29);/q;+1/p-1/t18-,20-,22-;/m1./s1. The summed E-state index contributed by atoms with van der Waals surface area (Å²) in [6.07, 6.45) is 1.97. The molecule has 3 atom stereocenters. The molecule has 1 N–H and O–H groups in total. The SMILES string of the molecule is O=C(Cc1ccccc1)N[C@@H]1C(=O)N2C(C(=O)[O-])=C3C=C(c4ccccc4)[C@H]3S[C@H]12.[Na+]. The van der Waals surface area contributed by atoms with Crippen molar-refractivity contribution in [2.75, 3.05) is 0 Å². The fourth-order valence-corrected chi connectivity index (χ4v) is 5.70. The van der Waals surface area contributed by atoms with Gasteiger partial charge in [-0.1, -0.05) is 66.7 Å². The molecule has 2 amide bonds. The molecule has 1 aliphatic carbocycles. The number of benzene rings is 2. The number of nitrogens with one attached hydrogen (secondary N) is 1. The zero-order valence-corrected chi connectivity index (χ0v) is 19.6. The molecule has 3 aliphatic rings. The number of carbonyl (C=O) groups excluding carboxylic acids is 3. The van der Waals surface area contributed by atoms with Crippen LogP contribution in [0.5, 0.6) is 0 Å². The maximum Gasteiger partial charge on any atom is 1.00 e. The summed E-state index contributed by atoms with van der Waals surface area (Å²) in [5.41, 5.74) is 3.39. The topological polar surface area (TPSA) is 89.5 Å². The van der Waals surface area contributed by atoms with Gasteiger partial charge in [-0.3, -0.25) is 14.5 Å². The number of carboxylic acid groups (broad SMARTS) is 1. The average molecular weight is 440 g/mol. The van der Waals surface area contributed by atoms with Crippen LogP contribution in [0.3, 0.4) is 0 Å². The second-order valence-electron chi connectivity index (χ2n) is 7.38. The van der Waals surface area contributed by atoms with E-state index in [4.69, 9.17) is 0 Å². The van der Waals surface area contributed by atoms with Crippen molar-refractivity contribution in [1.29, 1.82) is 0 Å². The van der Waals surface area contributed by atoms with E-state index in [1.165, 1.54) is 16.7 Å². The Hall–Kier alpha value is -2.32.